The van der Waals surface area contributed by atoms with Crippen LogP contribution in [0.3, 0.4) is 0 Å². The molecule has 6 rings (SSSR count). The summed E-state index contributed by atoms with van der Waals surface area (Å²) in [5.41, 5.74) is -0.596. The van der Waals surface area contributed by atoms with E-state index in [0.717, 1.165) is 6.08 Å². The summed E-state index contributed by atoms with van der Waals surface area (Å²) < 4.78 is 40.3. The first kappa shape index (κ1) is 33.2. The van der Waals surface area contributed by atoms with Crippen LogP contribution in [-0.4, -0.2) is 146 Å². The number of hydrogen-bond acceptors (Lipinski definition) is 16. The molecule has 3 saturated heterocycles. The van der Waals surface area contributed by atoms with Crippen molar-refractivity contribution in [3.8, 4) is 5.75 Å². The molecule has 16 nitrogen and oxygen atoms in total. The number of fused-ring (bicyclic) bond motifs is 3. The number of aliphatic hydroxyl groups excluding tert-OH is 7. The molecule has 0 amide bonds. The lowest BCUT2D eigenvalue weighted by Gasteiger charge is -2.44. The minimum atomic E-state index is -1.70. The van der Waals surface area contributed by atoms with E-state index in [1.165, 1.54) is 31.4 Å². The van der Waals surface area contributed by atoms with Crippen molar-refractivity contribution in [2.75, 3.05) is 13.2 Å². The SMILES string of the molecule is C[C@@H]1O[C@@H](O[C@H]2[C@@H]3C=CO[C@@H](O[C@@H]4O[C@H](CO)[C@@H](O)[C@H](O)[C@H]4O)[C@@H]3[C@@]3(CO)O[C@@H]23)[C@H](O)[C@H](O)[C@H]1OC(=O)/C=C/c1ccc(O)cc1. The van der Waals surface area contributed by atoms with Gasteiger partial charge in [-0.3, -0.25) is 0 Å². The summed E-state index contributed by atoms with van der Waals surface area (Å²) in [5.74, 6) is -2.03. The van der Waals surface area contributed by atoms with Crippen molar-refractivity contribution in [3.63, 3.8) is 0 Å². The molecule has 4 heterocycles. The van der Waals surface area contributed by atoms with E-state index < -0.39 is 117 Å². The average Bonchev–Trinajstić information content (AvgIpc) is 3.72. The van der Waals surface area contributed by atoms with Crippen LogP contribution in [0.5, 0.6) is 5.75 Å². The first-order chi connectivity index (χ1) is 22.0. The molecule has 16 heteroatoms. The van der Waals surface area contributed by atoms with Crippen molar-refractivity contribution >= 4 is 12.0 Å². The van der Waals surface area contributed by atoms with Crippen LogP contribution in [0.4, 0.5) is 0 Å². The smallest absolute Gasteiger partial charge is 0.331 e. The Balaban J connectivity index is 1.11. The molecule has 1 aromatic rings. The molecular formula is C30H38O16. The van der Waals surface area contributed by atoms with Crippen molar-refractivity contribution in [2.45, 2.75) is 92.4 Å². The van der Waals surface area contributed by atoms with Gasteiger partial charge >= 0.3 is 5.97 Å². The molecule has 46 heavy (non-hydrogen) atoms. The lowest BCUT2D eigenvalue weighted by atomic mass is 9.85. The molecule has 0 aromatic heterocycles. The topological polar surface area (TPSA) is 247 Å². The molecule has 4 aliphatic heterocycles. The van der Waals surface area contributed by atoms with Gasteiger partial charge in [0.05, 0.1) is 37.6 Å². The molecule has 1 aliphatic carbocycles. The number of phenolic OH excluding ortho intramolecular Hbond substituents is 1. The highest BCUT2D eigenvalue weighted by molar-refractivity contribution is 5.87. The molecule has 0 spiro atoms. The quantitative estimate of drug-likeness (QED) is 0.0763. The number of ether oxygens (including phenoxy) is 7. The summed E-state index contributed by atoms with van der Waals surface area (Å²) >= 11 is 0. The van der Waals surface area contributed by atoms with Gasteiger partial charge in [0.2, 0.25) is 6.29 Å². The molecule has 8 N–H and O–H groups in total. The second-order valence-corrected chi connectivity index (χ2v) is 12.0. The normalized spacial score (nSPS) is 46.4. The van der Waals surface area contributed by atoms with Gasteiger partial charge in [-0.15, -0.1) is 0 Å². The Morgan fingerprint density at radius 3 is 2.28 bits per heavy atom. The third-order valence-corrected chi connectivity index (χ3v) is 9.22. The minimum Gasteiger partial charge on any atom is -0.508 e. The van der Waals surface area contributed by atoms with Crippen LogP contribution in [0, 0.1) is 11.8 Å². The number of phenols is 1. The summed E-state index contributed by atoms with van der Waals surface area (Å²) in [5, 5.41) is 81.9. The van der Waals surface area contributed by atoms with Crippen LogP contribution in [0.15, 0.2) is 42.7 Å². The van der Waals surface area contributed by atoms with Crippen LogP contribution in [-0.2, 0) is 38.0 Å². The summed E-state index contributed by atoms with van der Waals surface area (Å²) in [6.07, 6.45) is -11.7. The minimum absolute atomic E-state index is 0.0688. The van der Waals surface area contributed by atoms with E-state index >= 15 is 0 Å². The van der Waals surface area contributed by atoms with Gasteiger partial charge in [-0.25, -0.2) is 4.79 Å². The van der Waals surface area contributed by atoms with E-state index in [1.54, 1.807) is 18.2 Å². The number of epoxide rings is 1. The Bertz CT molecular complexity index is 1290. The number of esters is 1. The van der Waals surface area contributed by atoms with E-state index in [1.807, 2.05) is 0 Å². The Morgan fingerprint density at radius 1 is 0.891 bits per heavy atom. The molecule has 0 bridgehead atoms. The maximum atomic E-state index is 12.5. The molecule has 0 unspecified atom stereocenters. The number of carbonyl (C=O) groups is 1. The van der Waals surface area contributed by atoms with Crippen molar-refractivity contribution in [3.05, 3.63) is 48.2 Å². The van der Waals surface area contributed by atoms with Crippen LogP contribution in [0.2, 0.25) is 0 Å². The zero-order valence-electron chi connectivity index (χ0n) is 24.5. The molecule has 16 atom stereocenters. The fourth-order valence-electron chi connectivity index (χ4n) is 6.67. The average molecular weight is 655 g/mol. The third kappa shape index (κ3) is 5.93. The Labute approximate surface area is 262 Å². The number of benzene rings is 1. The van der Waals surface area contributed by atoms with E-state index in [4.69, 9.17) is 33.2 Å². The summed E-state index contributed by atoms with van der Waals surface area (Å²) in [7, 11) is 0. The molecule has 1 aromatic carbocycles. The highest BCUT2D eigenvalue weighted by atomic mass is 16.8. The summed E-state index contributed by atoms with van der Waals surface area (Å²) in [6, 6.07) is 6.09. The van der Waals surface area contributed by atoms with Crippen LogP contribution >= 0.6 is 0 Å². The predicted molar refractivity (Wildman–Crippen MR) is 149 cm³/mol. The van der Waals surface area contributed by atoms with Gasteiger partial charge in [-0.05, 0) is 36.8 Å². The molecule has 4 fully saturated rings. The zero-order valence-corrected chi connectivity index (χ0v) is 24.5. The van der Waals surface area contributed by atoms with Gasteiger partial charge in [0.15, 0.2) is 18.7 Å². The van der Waals surface area contributed by atoms with Crippen molar-refractivity contribution in [2.24, 2.45) is 11.8 Å². The largest absolute Gasteiger partial charge is 0.508 e. The van der Waals surface area contributed by atoms with Crippen molar-refractivity contribution in [1.82, 2.24) is 0 Å². The Hall–Kier alpha value is -2.71. The van der Waals surface area contributed by atoms with E-state index in [0.29, 0.717) is 5.56 Å². The van der Waals surface area contributed by atoms with Gasteiger partial charge < -0.3 is 74.0 Å². The standard InChI is InChI=1S/C30H38O16/c1-12-24(43-17(34)7-4-13-2-5-14(33)6-3-13)21(37)23(39)28(41-12)44-25-15-8-9-40-27(18(15)30(11-32)26(25)46-30)45-29-22(38)20(36)19(35)16(10-31)42-29/h2-9,12,15-16,18-29,31-33,35-39H,10-11H2,1H3/b7-4+/t12-,15+,16+,18+,19+,20-,21-,22+,23+,24-,25-,26-,27-,28-,29-,30+/m0/s1. The first-order valence-electron chi connectivity index (χ1n) is 14.9. The highest BCUT2D eigenvalue weighted by Crippen LogP contribution is 2.61. The number of aromatic hydroxyl groups is 1. The van der Waals surface area contributed by atoms with E-state index in [-0.39, 0.29) is 5.75 Å². The second-order valence-electron chi connectivity index (χ2n) is 12.0. The fraction of sp³-hybridized carbons (Fsp3) is 0.633. The molecular weight excluding hydrogens is 616 g/mol. The van der Waals surface area contributed by atoms with E-state index in [2.05, 4.69) is 0 Å². The molecule has 0 radical (unpaired) electrons. The maximum absolute atomic E-state index is 12.5. The van der Waals surface area contributed by atoms with Crippen molar-refractivity contribution < 1.29 is 78.8 Å². The van der Waals surface area contributed by atoms with Gasteiger partial charge in [-0.1, -0.05) is 12.1 Å². The second kappa shape index (κ2) is 13.1. The van der Waals surface area contributed by atoms with Gasteiger partial charge in [0.1, 0.15) is 54.1 Å². The van der Waals surface area contributed by atoms with Gasteiger partial charge in [-0.2, -0.15) is 0 Å². The van der Waals surface area contributed by atoms with Crippen LogP contribution in [0.1, 0.15) is 12.5 Å². The lowest BCUT2D eigenvalue weighted by molar-refractivity contribution is -0.347. The number of carbonyl (C=O) groups excluding carboxylic acids is 1. The highest BCUT2D eigenvalue weighted by Gasteiger charge is 2.77. The maximum Gasteiger partial charge on any atom is 0.331 e. The first-order valence-corrected chi connectivity index (χ1v) is 14.9. The number of hydrogen-bond donors (Lipinski definition) is 8. The number of rotatable bonds is 9. The summed E-state index contributed by atoms with van der Waals surface area (Å²) in [6.45, 7) is 0.399. The monoisotopic (exact) mass is 654 g/mol. The Morgan fingerprint density at radius 2 is 1.59 bits per heavy atom. The van der Waals surface area contributed by atoms with Crippen LogP contribution < -0.4 is 0 Å². The molecule has 1 saturated carbocycles. The molecule has 254 valence electrons. The van der Waals surface area contributed by atoms with Crippen LogP contribution in [0.25, 0.3) is 6.08 Å². The Kier molecular flexibility index (Phi) is 9.43. The molecule has 5 aliphatic rings. The lowest BCUT2D eigenvalue weighted by Crippen LogP contribution is -2.60. The zero-order chi connectivity index (χ0) is 32.9. The third-order valence-electron chi connectivity index (χ3n) is 9.22. The number of aliphatic hydroxyl groups is 7. The predicted octanol–water partition coefficient (Wildman–Crippen LogP) is -2.77. The fourth-order valence-corrected chi connectivity index (χ4v) is 6.67. The van der Waals surface area contributed by atoms with Gasteiger partial charge in [0, 0.05) is 12.0 Å². The van der Waals surface area contributed by atoms with Gasteiger partial charge in [0.25, 0.3) is 0 Å². The summed E-state index contributed by atoms with van der Waals surface area (Å²) in [4.78, 5) is 12.5. The van der Waals surface area contributed by atoms with E-state index in [9.17, 15) is 45.6 Å². The van der Waals surface area contributed by atoms with Crippen molar-refractivity contribution in [1.29, 1.82) is 0 Å².